The van der Waals surface area contributed by atoms with Gasteiger partial charge in [0.1, 0.15) is 6.61 Å². The van der Waals surface area contributed by atoms with Crippen molar-refractivity contribution < 1.29 is 24.5 Å². The molecule has 7 nitrogen and oxygen atoms in total. The topological polar surface area (TPSA) is 90.3 Å². The standard InChI is InChI=1S/C20H26N2O5/c1-13-14(4-5-15-16(13)11-27-18(15)24)17(23)10-21-8-9-22(19(25)26)20(12-21)6-2-3-7-20/h4-5,17,23H,2-3,6-12H2,1H3,(H,25,26)/t17-/m1/s1. The minimum absolute atomic E-state index is 0.265. The second-order valence-electron chi connectivity index (χ2n) is 8.00. The summed E-state index contributed by atoms with van der Waals surface area (Å²) in [5.41, 5.74) is 2.86. The van der Waals surface area contributed by atoms with Crippen molar-refractivity contribution >= 4 is 12.1 Å². The van der Waals surface area contributed by atoms with E-state index in [9.17, 15) is 19.8 Å². The van der Waals surface area contributed by atoms with Gasteiger partial charge in [-0.25, -0.2) is 9.59 Å². The first-order valence-corrected chi connectivity index (χ1v) is 9.62. The van der Waals surface area contributed by atoms with E-state index in [2.05, 4.69) is 4.90 Å². The Balaban J connectivity index is 1.50. The molecule has 1 aromatic rings. The molecule has 1 amide bonds. The monoisotopic (exact) mass is 374 g/mol. The van der Waals surface area contributed by atoms with Gasteiger partial charge in [0.25, 0.3) is 0 Å². The second kappa shape index (κ2) is 6.80. The van der Waals surface area contributed by atoms with E-state index in [4.69, 9.17) is 4.74 Å². The van der Waals surface area contributed by atoms with Crippen LogP contribution in [0.4, 0.5) is 4.79 Å². The highest BCUT2D eigenvalue weighted by Gasteiger charge is 2.46. The van der Waals surface area contributed by atoms with Crippen LogP contribution in [0.2, 0.25) is 0 Å². The minimum Gasteiger partial charge on any atom is -0.465 e. The number of fused-ring (bicyclic) bond motifs is 1. The molecule has 0 unspecified atom stereocenters. The van der Waals surface area contributed by atoms with Gasteiger partial charge in [0.05, 0.1) is 17.2 Å². The van der Waals surface area contributed by atoms with Gasteiger partial charge in [0, 0.05) is 31.7 Å². The normalized spacial score (nSPS) is 22.7. The minimum atomic E-state index is -0.837. The molecule has 2 heterocycles. The number of ether oxygens (including phenoxy) is 1. The highest BCUT2D eigenvalue weighted by Crippen LogP contribution is 2.39. The van der Waals surface area contributed by atoms with Crippen molar-refractivity contribution in [1.82, 2.24) is 9.80 Å². The Hall–Kier alpha value is -2.12. The van der Waals surface area contributed by atoms with Crippen molar-refractivity contribution in [2.24, 2.45) is 0 Å². The second-order valence-corrected chi connectivity index (χ2v) is 8.00. The number of hydrogen-bond donors (Lipinski definition) is 2. The lowest BCUT2D eigenvalue weighted by molar-refractivity contribution is -0.00675. The highest BCUT2D eigenvalue weighted by atomic mass is 16.5. The summed E-state index contributed by atoms with van der Waals surface area (Å²) in [6.45, 7) is 4.41. The maximum Gasteiger partial charge on any atom is 0.407 e. The number of carbonyl (C=O) groups is 2. The lowest BCUT2D eigenvalue weighted by atomic mass is 9.91. The molecule has 2 fully saturated rings. The number of aliphatic hydroxyl groups is 1. The van der Waals surface area contributed by atoms with E-state index in [0.717, 1.165) is 42.4 Å². The molecule has 2 N–H and O–H groups in total. The third-order valence-electron chi connectivity index (χ3n) is 6.49. The Morgan fingerprint density at radius 1 is 1.30 bits per heavy atom. The van der Waals surface area contributed by atoms with Crippen molar-refractivity contribution in [3.05, 3.63) is 34.4 Å². The van der Waals surface area contributed by atoms with Gasteiger partial charge in [-0.15, -0.1) is 0 Å². The number of hydrogen-bond acceptors (Lipinski definition) is 5. The molecule has 146 valence electrons. The Labute approximate surface area is 158 Å². The molecule has 1 saturated heterocycles. The molecule has 1 aliphatic carbocycles. The summed E-state index contributed by atoms with van der Waals surface area (Å²) in [5, 5.41) is 20.4. The summed E-state index contributed by atoms with van der Waals surface area (Å²) >= 11 is 0. The van der Waals surface area contributed by atoms with Gasteiger partial charge in [-0.1, -0.05) is 18.9 Å². The molecule has 4 rings (SSSR count). The van der Waals surface area contributed by atoms with E-state index in [0.29, 0.717) is 31.7 Å². The van der Waals surface area contributed by atoms with Gasteiger partial charge in [-0.2, -0.15) is 0 Å². The van der Waals surface area contributed by atoms with E-state index < -0.39 is 12.2 Å². The summed E-state index contributed by atoms with van der Waals surface area (Å²) in [4.78, 5) is 27.2. The molecule has 0 bridgehead atoms. The summed E-state index contributed by atoms with van der Waals surface area (Å²) in [5.74, 6) is -0.304. The smallest absolute Gasteiger partial charge is 0.407 e. The molecular weight excluding hydrogens is 348 g/mol. The van der Waals surface area contributed by atoms with Crippen molar-refractivity contribution in [1.29, 1.82) is 0 Å². The van der Waals surface area contributed by atoms with Gasteiger partial charge in [-0.3, -0.25) is 4.90 Å². The molecule has 1 atom stereocenters. The highest BCUT2D eigenvalue weighted by molar-refractivity contribution is 5.93. The first-order chi connectivity index (χ1) is 12.9. The van der Waals surface area contributed by atoms with Crippen LogP contribution in [0.1, 0.15) is 58.8 Å². The van der Waals surface area contributed by atoms with Crippen LogP contribution in [0.25, 0.3) is 0 Å². The zero-order chi connectivity index (χ0) is 19.2. The zero-order valence-corrected chi connectivity index (χ0v) is 15.6. The lowest BCUT2D eigenvalue weighted by Gasteiger charge is -2.48. The number of rotatable bonds is 3. The van der Waals surface area contributed by atoms with E-state index in [1.807, 2.05) is 13.0 Å². The number of esters is 1. The molecule has 0 radical (unpaired) electrons. The zero-order valence-electron chi connectivity index (χ0n) is 15.6. The molecule has 1 saturated carbocycles. The van der Waals surface area contributed by atoms with Gasteiger partial charge >= 0.3 is 12.1 Å². The van der Waals surface area contributed by atoms with E-state index in [-0.39, 0.29) is 18.1 Å². The first-order valence-electron chi connectivity index (χ1n) is 9.62. The maximum atomic E-state index is 11.7. The third kappa shape index (κ3) is 3.08. The van der Waals surface area contributed by atoms with E-state index in [1.165, 1.54) is 0 Å². The van der Waals surface area contributed by atoms with Crippen molar-refractivity contribution in [2.45, 2.75) is 50.9 Å². The molecule has 1 aromatic carbocycles. The largest absolute Gasteiger partial charge is 0.465 e. The number of aliphatic hydroxyl groups excluding tert-OH is 1. The van der Waals surface area contributed by atoms with Crippen LogP contribution in [0.5, 0.6) is 0 Å². The Bertz CT molecular complexity index is 772. The number of carboxylic acid groups (broad SMARTS) is 1. The van der Waals surface area contributed by atoms with Crippen LogP contribution in [0.15, 0.2) is 12.1 Å². The van der Waals surface area contributed by atoms with E-state index >= 15 is 0 Å². The molecule has 3 aliphatic rings. The van der Waals surface area contributed by atoms with Crippen LogP contribution in [-0.2, 0) is 11.3 Å². The summed E-state index contributed by atoms with van der Waals surface area (Å²) in [7, 11) is 0. The molecular formula is C20H26N2O5. The summed E-state index contributed by atoms with van der Waals surface area (Å²) < 4.78 is 5.09. The molecule has 1 spiro atoms. The quantitative estimate of drug-likeness (QED) is 0.789. The fourth-order valence-electron chi connectivity index (χ4n) is 5.05. The van der Waals surface area contributed by atoms with Crippen LogP contribution in [-0.4, -0.2) is 63.8 Å². The number of benzene rings is 1. The van der Waals surface area contributed by atoms with Crippen LogP contribution in [0.3, 0.4) is 0 Å². The Morgan fingerprint density at radius 3 is 2.74 bits per heavy atom. The van der Waals surface area contributed by atoms with Crippen molar-refractivity contribution in [2.75, 3.05) is 26.2 Å². The van der Waals surface area contributed by atoms with Crippen molar-refractivity contribution in [3.63, 3.8) is 0 Å². The number of nitrogens with zero attached hydrogens (tertiary/aromatic N) is 2. The van der Waals surface area contributed by atoms with E-state index in [1.54, 1.807) is 11.0 Å². The SMILES string of the molecule is Cc1c([C@H](O)CN2CCN(C(=O)O)C3(CCCC3)C2)ccc2c1COC2=O. The average Bonchev–Trinajstić information content (AvgIpc) is 3.23. The Kier molecular flexibility index (Phi) is 4.60. The number of cyclic esters (lactones) is 1. The lowest BCUT2D eigenvalue weighted by Crippen LogP contribution is -2.62. The summed E-state index contributed by atoms with van der Waals surface area (Å²) in [6.07, 6.45) is 2.37. The number of piperazine rings is 1. The van der Waals surface area contributed by atoms with Crippen LogP contribution in [0, 0.1) is 6.92 Å². The number of carbonyl (C=O) groups excluding carboxylic acids is 1. The first kappa shape index (κ1) is 18.3. The van der Waals surface area contributed by atoms with Crippen LogP contribution >= 0.6 is 0 Å². The van der Waals surface area contributed by atoms with Gasteiger partial charge in [0.15, 0.2) is 0 Å². The number of amides is 1. The van der Waals surface area contributed by atoms with Gasteiger partial charge in [0.2, 0.25) is 0 Å². The predicted octanol–water partition coefficient (Wildman–Crippen LogP) is 2.31. The number of β-amino-alcohol motifs (C(OH)–C–C–N with tert-alkyl or cyclic N) is 1. The van der Waals surface area contributed by atoms with Crippen LogP contribution < -0.4 is 0 Å². The predicted molar refractivity (Wildman–Crippen MR) is 97.6 cm³/mol. The van der Waals surface area contributed by atoms with Gasteiger partial charge in [-0.05, 0) is 37.0 Å². The molecule has 27 heavy (non-hydrogen) atoms. The molecule has 7 heteroatoms. The molecule has 0 aromatic heterocycles. The third-order valence-corrected chi connectivity index (χ3v) is 6.49. The maximum absolute atomic E-state index is 11.7. The average molecular weight is 374 g/mol. The fraction of sp³-hybridized carbons (Fsp3) is 0.600. The Morgan fingerprint density at radius 2 is 2.04 bits per heavy atom. The summed E-state index contributed by atoms with van der Waals surface area (Å²) in [6, 6.07) is 3.54. The molecule has 2 aliphatic heterocycles. The fourth-order valence-corrected chi connectivity index (χ4v) is 5.05. The van der Waals surface area contributed by atoms with Crippen molar-refractivity contribution in [3.8, 4) is 0 Å². The van der Waals surface area contributed by atoms with Gasteiger partial charge < -0.3 is 19.8 Å².